The lowest BCUT2D eigenvalue weighted by Crippen LogP contribution is -2.36. The van der Waals surface area contributed by atoms with E-state index in [-0.39, 0.29) is 0 Å². The number of hydrogen-bond acceptors (Lipinski definition) is 4. The van der Waals surface area contributed by atoms with Gasteiger partial charge in [-0.1, -0.05) is 6.07 Å². The largest absolute Gasteiger partial charge is 0.381 e. The Morgan fingerprint density at radius 2 is 2.23 bits per heavy atom. The third-order valence-corrected chi connectivity index (χ3v) is 4.54. The van der Waals surface area contributed by atoms with Crippen LogP contribution in [0.25, 0.3) is 0 Å². The maximum absolute atomic E-state index is 12.4. The molecular formula is C17H25N3O2. The standard InChI is InChI=1S/C17H25N3O2/c21-17(12-15-5-11-22-14-15)20-8-3-7-19(9-10-20)13-16-4-1-2-6-18-16/h1-2,4,6,15H,3,5,7-14H2/t15-/m1/s1. The Balaban J connectivity index is 1.47. The second kappa shape index (κ2) is 7.70. The highest BCUT2D eigenvalue weighted by atomic mass is 16.5. The lowest BCUT2D eigenvalue weighted by Gasteiger charge is -2.22. The van der Waals surface area contributed by atoms with Crippen LogP contribution in [0.15, 0.2) is 24.4 Å². The molecule has 1 atom stereocenters. The van der Waals surface area contributed by atoms with Crippen molar-refractivity contribution in [1.29, 1.82) is 0 Å². The van der Waals surface area contributed by atoms with Crippen LogP contribution in [0.4, 0.5) is 0 Å². The molecule has 0 aromatic carbocycles. The lowest BCUT2D eigenvalue weighted by molar-refractivity contribution is -0.132. The molecule has 2 fully saturated rings. The van der Waals surface area contributed by atoms with Gasteiger partial charge in [-0.2, -0.15) is 0 Å². The molecule has 3 heterocycles. The summed E-state index contributed by atoms with van der Waals surface area (Å²) in [6, 6.07) is 6.03. The Hall–Kier alpha value is -1.46. The summed E-state index contributed by atoms with van der Waals surface area (Å²) in [7, 11) is 0. The molecule has 2 aliphatic rings. The summed E-state index contributed by atoms with van der Waals surface area (Å²) in [6.45, 7) is 6.13. The van der Waals surface area contributed by atoms with E-state index in [0.29, 0.717) is 18.2 Å². The molecule has 120 valence electrons. The van der Waals surface area contributed by atoms with Gasteiger partial charge < -0.3 is 9.64 Å². The third-order valence-electron chi connectivity index (χ3n) is 4.54. The summed E-state index contributed by atoms with van der Waals surface area (Å²) in [5, 5.41) is 0. The molecule has 0 unspecified atom stereocenters. The van der Waals surface area contributed by atoms with Crippen LogP contribution < -0.4 is 0 Å². The van der Waals surface area contributed by atoms with E-state index in [9.17, 15) is 4.79 Å². The number of ether oxygens (including phenoxy) is 1. The van der Waals surface area contributed by atoms with Gasteiger partial charge in [0.25, 0.3) is 0 Å². The van der Waals surface area contributed by atoms with Crippen molar-refractivity contribution in [2.75, 3.05) is 39.4 Å². The van der Waals surface area contributed by atoms with E-state index >= 15 is 0 Å². The Morgan fingerprint density at radius 1 is 1.27 bits per heavy atom. The number of aromatic nitrogens is 1. The van der Waals surface area contributed by atoms with Gasteiger partial charge in [0.05, 0.1) is 5.69 Å². The summed E-state index contributed by atoms with van der Waals surface area (Å²) < 4.78 is 5.37. The van der Waals surface area contributed by atoms with Crippen molar-refractivity contribution in [3.8, 4) is 0 Å². The van der Waals surface area contributed by atoms with E-state index in [1.54, 1.807) is 0 Å². The number of carbonyl (C=O) groups excluding carboxylic acids is 1. The first-order valence-corrected chi connectivity index (χ1v) is 8.29. The minimum absolute atomic E-state index is 0.301. The summed E-state index contributed by atoms with van der Waals surface area (Å²) in [6.07, 6.45) is 4.57. The predicted molar refractivity (Wildman–Crippen MR) is 84.3 cm³/mol. The van der Waals surface area contributed by atoms with E-state index in [1.807, 2.05) is 23.2 Å². The quantitative estimate of drug-likeness (QED) is 0.846. The fraction of sp³-hybridized carbons (Fsp3) is 0.647. The second-order valence-corrected chi connectivity index (χ2v) is 6.27. The smallest absolute Gasteiger partial charge is 0.222 e. The molecule has 2 aliphatic heterocycles. The molecule has 0 radical (unpaired) electrons. The molecule has 1 amide bonds. The van der Waals surface area contributed by atoms with Crippen molar-refractivity contribution in [1.82, 2.24) is 14.8 Å². The van der Waals surface area contributed by atoms with Gasteiger partial charge in [0.1, 0.15) is 0 Å². The zero-order valence-electron chi connectivity index (χ0n) is 13.1. The summed E-state index contributed by atoms with van der Waals surface area (Å²) >= 11 is 0. The maximum Gasteiger partial charge on any atom is 0.222 e. The molecule has 22 heavy (non-hydrogen) atoms. The molecule has 0 spiro atoms. The molecule has 5 nitrogen and oxygen atoms in total. The van der Waals surface area contributed by atoms with Crippen LogP contribution in [0.1, 0.15) is 25.0 Å². The van der Waals surface area contributed by atoms with Crippen LogP contribution in [0.5, 0.6) is 0 Å². The Morgan fingerprint density at radius 3 is 3.00 bits per heavy atom. The van der Waals surface area contributed by atoms with Crippen molar-refractivity contribution < 1.29 is 9.53 Å². The Kier molecular flexibility index (Phi) is 5.40. The normalized spacial score (nSPS) is 23.5. The van der Waals surface area contributed by atoms with Crippen LogP contribution in [-0.4, -0.2) is 60.1 Å². The zero-order chi connectivity index (χ0) is 15.2. The number of hydrogen-bond donors (Lipinski definition) is 0. The van der Waals surface area contributed by atoms with Crippen molar-refractivity contribution in [2.24, 2.45) is 5.92 Å². The first-order valence-electron chi connectivity index (χ1n) is 8.29. The van der Waals surface area contributed by atoms with Crippen molar-refractivity contribution in [3.05, 3.63) is 30.1 Å². The van der Waals surface area contributed by atoms with Crippen LogP contribution in [-0.2, 0) is 16.1 Å². The predicted octanol–water partition coefficient (Wildman–Crippen LogP) is 1.54. The topological polar surface area (TPSA) is 45.7 Å². The number of pyridine rings is 1. The first-order chi connectivity index (χ1) is 10.8. The number of amides is 1. The van der Waals surface area contributed by atoms with E-state index in [0.717, 1.165) is 64.5 Å². The molecule has 0 aliphatic carbocycles. The van der Waals surface area contributed by atoms with Gasteiger partial charge >= 0.3 is 0 Å². The average Bonchev–Trinajstić information content (AvgIpc) is 2.93. The van der Waals surface area contributed by atoms with Crippen molar-refractivity contribution >= 4 is 5.91 Å². The Labute approximate surface area is 132 Å². The molecule has 2 saturated heterocycles. The molecule has 0 N–H and O–H groups in total. The molecule has 3 rings (SSSR count). The third kappa shape index (κ3) is 4.27. The van der Waals surface area contributed by atoms with Gasteiger partial charge in [-0.05, 0) is 30.9 Å². The van der Waals surface area contributed by atoms with E-state index in [2.05, 4.69) is 16.0 Å². The van der Waals surface area contributed by atoms with Gasteiger partial charge in [0.2, 0.25) is 5.91 Å². The molecule has 5 heteroatoms. The molecule has 1 aromatic rings. The molecule has 0 saturated carbocycles. The summed E-state index contributed by atoms with van der Waals surface area (Å²) in [4.78, 5) is 21.2. The van der Waals surface area contributed by atoms with Crippen LogP contribution in [0, 0.1) is 5.92 Å². The van der Waals surface area contributed by atoms with Crippen LogP contribution in [0.2, 0.25) is 0 Å². The number of nitrogens with zero attached hydrogens (tertiary/aromatic N) is 3. The van der Waals surface area contributed by atoms with Crippen molar-refractivity contribution in [2.45, 2.75) is 25.8 Å². The van der Waals surface area contributed by atoms with Gasteiger partial charge in [0.15, 0.2) is 0 Å². The maximum atomic E-state index is 12.4. The fourth-order valence-electron chi connectivity index (χ4n) is 3.22. The SMILES string of the molecule is O=C(C[C@H]1CCOC1)N1CCCN(Cc2ccccn2)CC1. The number of rotatable bonds is 4. The monoisotopic (exact) mass is 303 g/mol. The highest BCUT2D eigenvalue weighted by molar-refractivity contribution is 5.76. The molecular weight excluding hydrogens is 278 g/mol. The summed E-state index contributed by atoms with van der Waals surface area (Å²) in [5.41, 5.74) is 1.10. The minimum atomic E-state index is 0.301. The summed E-state index contributed by atoms with van der Waals surface area (Å²) in [5.74, 6) is 0.732. The van der Waals surface area contributed by atoms with E-state index < -0.39 is 0 Å². The molecule has 0 bridgehead atoms. The van der Waals surface area contributed by atoms with E-state index in [1.165, 1.54) is 0 Å². The highest BCUT2D eigenvalue weighted by Crippen LogP contribution is 2.18. The fourth-order valence-corrected chi connectivity index (χ4v) is 3.22. The molecule has 1 aromatic heterocycles. The van der Waals surface area contributed by atoms with Gasteiger partial charge in [-0.25, -0.2) is 0 Å². The minimum Gasteiger partial charge on any atom is -0.381 e. The van der Waals surface area contributed by atoms with Crippen LogP contribution >= 0.6 is 0 Å². The van der Waals surface area contributed by atoms with Crippen LogP contribution in [0.3, 0.4) is 0 Å². The average molecular weight is 303 g/mol. The first kappa shape index (κ1) is 15.4. The zero-order valence-corrected chi connectivity index (χ0v) is 13.1. The second-order valence-electron chi connectivity index (χ2n) is 6.27. The van der Waals surface area contributed by atoms with Gasteiger partial charge in [-0.3, -0.25) is 14.7 Å². The van der Waals surface area contributed by atoms with Gasteiger partial charge in [-0.15, -0.1) is 0 Å². The Bertz CT molecular complexity index is 474. The van der Waals surface area contributed by atoms with Crippen molar-refractivity contribution in [3.63, 3.8) is 0 Å². The highest BCUT2D eigenvalue weighted by Gasteiger charge is 2.24. The van der Waals surface area contributed by atoms with E-state index in [4.69, 9.17) is 4.74 Å². The lowest BCUT2D eigenvalue weighted by atomic mass is 10.0. The number of carbonyl (C=O) groups is 1. The van der Waals surface area contributed by atoms with Gasteiger partial charge in [0, 0.05) is 58.6 Å².